The number of aromatic nitrogens is 2. The van der Waals surface area contributed by atoms with Gasteiger partial charge in [0.1, 0.15) is 0 Å². The predicted molar refractivity (Wildman–Crippen MR) is 154 cm³/mol. The van der Waals surface area contributed by atoms with Crippen LogP contribution < -0.4 is 5.73 Å². The fourth-order valence-electron chi connectivity index (χ4n) is 5.15. The summed E-state index contributed by atoms with van der Waals surface area (Å²) in [7, 11) is 0. The highest BCUT2D eigenvalue weighted by Gasteiger charge is 2.43. The van der Waals surface area contributed by atoms with Crippen molar-refractivity contribution in [2.75, 3.05) is 13.1 Å². The topological polar surface area (TPSA) is 81.2 Å². The maximum absolute atomic E-state index is 13.8. The molecule has 2 N–H and O–H groups in total. The molecule has 0 unspecified atom stereocenters. The molecule has 0 atom stereocenters. The molecule has 1 aliphatic heterocycles. The Hall–Kier alpha value is -3.13. The lowest BCUT2D eigenvalue weighted by Gasteiger charge is -2.39. The standard InChI is InChI=1S/C29H25BrCl2N4O2/c1-18-25(27(37)35-15-13-29(14-16-35,28(33)38)20-5-3-2-4-6-20)34-36(24-12-11-22(31)17-23(24)32)26(18)19-7-9-21(30)10-8-19/h2-12,17H,13-16H2,1H3,(H2,33,38). The van der Waals surface area contributed by atoms with Gasteiger partial charge in [0, 0.05) is 33.7 Å². The highest BCUT2D eigenvalue weighted by molar-refractivity contribution is 9.10. The van der Waals surface area contributed by atoms with Crippen LogP contribution in [0.2, 0.25) is 10.0 Å². The first-order chi connectivity index (χ1) is 18.2. The maximum atomic E-state index is 13.8. The number of primary amides is 1. The van der Waals surface area contributed by atoms with Crippen molar-refractivity contribution in [3.05, 3.63) is 104 Å². The number of carbonyl (C=O) groups excluding carboxylic acids is 2. The number of amides is 2. The molecule has 0 saturated carbocycles. The molecule has 9 heteroatoms. The first-order valence-corrected chi connectivity index (χ1v) is 13.7. The number of hydrogen-bond donors (Lipinski definition) is 1. The predicted octanol–water partition coefficient (Wildman–Crippen LogP) is 6.58. The molecule has 194 valence electrons. The first kappa shape index (κ1) is 26.5. The number of hydrogen-bond acceptors (Lipinski definition) is 3. The molecule has 0 aliphatic carbocycles. The van der Waals surface area contributed by atoms with Gasteiger partial charge in [0.15, 0.2) is 5.69 Å². The van der Waals surface area contributed by atoms with E-state index in [1.54, 1.807) is 27.8 Å². The molecule has 4 aromatic rings. The highest BCUT2D eigenvalue weighted by atomic mass is 79.9. The van der Waals surface area contributed by atoms with Crippen molar-refractivity contribution in [3.8, 4) is 16.9 Å². The second-order valence-corrected chi connectivity index (χ2v) is 11.2. The van der Waals surface area contributed by atoms with E-state index < -0.39 is 5.41 Å². The van der Waals surface area contributed by atoms with Crippen molar-refractivity contribution in [1.29, 1.82) is 0 Å². The van der Waals surface area contributed by atoms with Gasteiger partial charge in [0.05, 0.1) is 21.8 Å². The molecule has 1 saturated heterocycles. The van der Waals surface area contributed by atoms with Crippen molar-refractivity contribution >= 4 is 50.9 Å². The molecule has 0 bridgehead atoms. The summed E-state index contributed by atoms with van der Waals surface area (Å²) in [4.78, 5) is 28.2. The lowest BCUT2D eigenvalue weighted by atomic mass is 9.72. The molecule has 38 heavy (non-hydrogen) atoms. The summed E-state index contributed by atoms with van der Waals surface area (Å²) < 4.78 is 2.64. The number of halogens is 3. The van der Waals surface area contributed by atoms with Gasteiger partial charge < -0.3 is 10.6 Å². The Balaban J connectivity index is 1.52. The number of carbonyl (C=O) groups is 2. The molecular weight excluding hydrogens is 587 g/mol. The van der Waals surface area contributed by atoms with E-state index in [1.165, 1.54) is 0 Å². The molecule has 6 nitrogen and oxygen atoms in total. The third-order valence-corrected chi connectivity index (χ3v) is 8.35. The van der Waals surface area contributed by atoms with Crippen LogP contribution in [-0.4, -0.2) is 39.6 Å². The zero-order valence-electron chi connectivity index (χ0n) is 20.6. The van der Waals surface area contributed by atoms with Crippen molar-refractivity contribution in [2.24, 2.45) is 5.73 Å². The second-order valence-electron chi connectivity index (χ2n) is 9.44. The lowest BCUT2D eigenvalue weighted by molar-refractivity contribution is -0.125. The third kappa shape index (κ3) is 4.75. The molecular formula is C29H25BrCl2N4O2. The van der Waals surface area contributed by atoms with Crippen LogP contribution in [0.25, 0.3) is 16.9 Å². The van der Waals surface area contributed by atoms with Gasteiger partial charge in [-0.1, -0.05) is 81.6 Å². The van der Waals surface area contributed by atoms with Gasteiger partial charge in [-0.15, -0.1) is 0 Å². The molecule has 3 aromatic carbocycles. The number of rotatable bonds is 5. The van der Waals surface area contributed by atoms with Crippen LogP contribution in [0.5, 0.6) is 0 Å². The van der Waals surface area contributed by atoms with E-state index in [4.69, 9.17) is 34.0 Å². The minimum absolute atomic E-state index is 0.198. The van der Waals surface area contributed by atoms with Crippen LogP contribution in [0.3, 0.4) is 0 Å². The summed E-state index contributed by atoms with van der Waals surface area (Å²) in [5.74, 6) is -0.568. The van der Waals surface area contributed by atoms with Gasteiger partial charge in [-0.2, -0.15) is 5.10 Å². The average molecular weight is 612 g/mol. The first-order valence-electron chi connectivity index (χ1n) is 12.2. The van der Waals surface area contributed by atoms with Crippen LogP contribution in [0.4, 0.5) is 0 Å². The van der Waals surface area contributed by atoms with Crippen LogP contribution in [-0.2, 0) is 10.2 Å². The monoisotopic (exact) mass is 610 g/mol. The Bertz CT molecular complexity index is 1510. The van der Waals surface area contributed by atoms with Crippen molar-refractivity contribution in [1.82, 2.24) is 14.7 Å². The minimum atomic E-state index is -0.800. The lowest BCUT2D eigenvalue weighted by Crippen LogP contribution is -2.51. The second kappa shape index (κ2) is 10.6. The third-order valence-electron chi connectivity index (χ3n) is 7.28. The Morgan fingerprint density at radius 3 is 2.24 bits per heavy atom. The summed E-state index contributed by atoms with van der Waals surface area (Å²) >= 11 is 16.2. The van der Waals surface area contributed by atoms with Crippen molar-refractivity contribution < 1.29 is 9.59 Å². The summed E-state index contributed by atoms with van der Waals surface area (Å²) in [5, 5.41) is 5.70. The number of nitrogens with two attached hydrogens (primary N) is 1. The summed E-state index contributed by atoms with van der Waals surface area (Å²) in [6.07, 6.45) is 0.890. The Kier molecular flexibility index (Phi) is 7.36. The van der Waals surface area contributed by atoms with Crippen LogP contribution in [0, 0.1) is 6.92 Å². The van der Waals surface area contributed by atoms with Crippen molar-refractivity contribution in [3.63, 3.8) is 0 Å². The molecule has 1 aliphatic rings. The molecule has 2 amide bonds. The number of benzene rings is 3. The normalized spacial score (nSPS) is 14.9. The van der Waals surface area contributed by atoms with E-state index >= 15 is 0 Å². The van der Waals surface area contributed by atoms with E-state index in [1.807, 2.05) is 61.5 Å². The number of piperidine rings is 1. The van der Waals surface area contributed by atoms with Gasteiger partial charge in [-0.25, -0.2) is 4.68 Å². The van der Waals surface area contributed by atoms with Crippen molar-refractivity contribution in [2.45, 2.75) is 25.2 Å². The largest absolute Gasteiger partial charge is 0.369 e. The van der Waals surface area contributed by atoms with E-state index in [-0.39, 0.29) is 11.8 Å². The van der Waals surface area contributed by atoms with Crippen LogP contribution >= 0.6 is 39.1 Å². The zero-order valence-corrected chi connectivity index (χ0v) is 23.7. The molecule has 5 rings (SSSR count). The Morgan fingerprint density at radius 2 is 1.63 bits per heavy atom. The zero-order chi connectivity index (χ0) is 27.0. The van der Waals surface area contributed by atoms with E-state index in [2.05, 4.69) is 15.9 Å². The quantitative estimate of drug-likeness (QED) is 0.277. The molecule has 1 aromatic heterocycles. The fourth-order valence-corrected chi connectivity index (χ4v) is 5.90. The van der Waals surface area contributed by atoms with Crippen LogP contribution in [0.15, 0.2) is 77.3 Å². The molecule has 1 fully saturated rings. The highest BCUT2D eigenvalue weighted by Crippen LogP contribution is 2.37. The summed E-state index contributed by atoms with van der Waals surface area (Å²) in [6, 6.07) is 22.5. The smallest absolute Gasteiger partial charge is 0.274 e. The fraction of sp³-hybridized carbons (Fsp3) is 0.207. The van der Waals surface area contributed by atoms with E-state index in [0.717, 1.165) is 26.9 Å². The van der Waals surface area contributed by atoms with Gasteiger partial charge >= 0.3 is 0 Å². The van der Waals surface area contributed by atoms with Gasteiger partial charge in [-0.05, 0) is 55.7 Å². The Labute approximate surface area is 239 Å². The average Bonchev–Trinajstić information content (AvgIpc) is 3.25. The Morgan fingerprint density at radius 1 is 0.974 bits per heavy atom. The van der Waals surface area contributed by atoms with Gasteiger partial charge in [0.2, 0.25) is 5.91 Å². The summed E-state index contributed by atoms with van der Waals surface area (Å²) in [6.45, 7) is 2.66. The minimum Gasteiger partial charge on any atom is -0.369 e. The summed E-state index contributed by atoms with van der Waals surface area (Å²) in [5.41, 5.74) is 9.31. The number of likely N-dealkylation sites (tertiary alicyclic amines) is 1. The maximum Gasteiger partial charge on any atom is 0.274 e. The van der Waals surface area contributed by atoms with Gasteiger partial charge in [-0.3, -0.25) is 9.59 Å². The number of nitrogens with zero attached hydrogens (tertiary/aromatic N) is 3. The molecule has 2 heterocycles. The van der Waals surface area contributed by atoms with Gasteiger partial charge in [0.25, 0.3) is 5.91 Å². The molecule has 0 radical (unpaired) electrons. The van der Waals surface area contributed by atoms with Crippen LogP contribution in [0.1, 0.15) is 34.5 Å². The van der Waals surface area contributed by atoms with E-state index in [9.17, 15) is 9.59 Å². The SMILES string of the molecule is Cc1c(C(=O)N2CCC(C(N)=O)(c3ccccc3)CC2)nn(-c2ccc(Cl)cc2Cl)c1-c1ccc(Br)cc1. The molecule has 0 spiro atoms. The van der Waals surface area contributed by atoms with E-state index in [0.29, 0.717) is 47.4 Å².